The van der Waals surface area contributed by atoms with Crippen molar-refractivity contribution in [2.75, 3.05) is 7.11 Å². The van der Waals surface area contributed by atoms with E-state index in [0.717, 1.165) is 11.3 Å². The van der Waals surface area contributed by atoms with Crippen molar-refractivity contribution in [2.24, 2.45) is 0 Å². The van der Waals surface area contributed by atoms with E-state index in [-0.39, 0.29) is 0 Å². The highest BCUT2D eigenvalue weighted by molar-refractivity contribution is 5.42. The third-order valence-corrected chi connectivity index (χ3v) is 1.08. The fourth-order valence-corrected chi connectivity index (χ4v) is 0.640. The van der Waals surface area contributed by atoms with Crippen molar-refractivity contribution in [3.05, 3.63) is 36.1 Å². The SMILES string of the molecule is C=C1C=CC=C1OC. The molecule has 1 heteroatoms. The zero-order chi connectivity index (χ0) is 5.98. The third-order valence-electron chi connectivity index (χ3n) is 1.08. The lowest BCUT2D eigenvalue weighted by Gasteiger charge is -1.97. The van der Waals surface area contributed by atoms with Crippen LogP contribution in [-0.4, -0.2) is 7.11 Å². The molecule has 0 atom stereocenters. The van der Waals surface area contributed by atoms with Gasteiger partial charge in [-0.25, -0.2) is 0 Å². The first-order valence-electron chi connectivity index (χ1n) is 2.46. The molecule has 8 heavy (non-hydrogen) atoms. The summed E-state index contributed by atoms with van der Waals surface area (Å²) < 4.78 is 4.92. The number of rotatable bonds is 1. The Morgan fingerprint density at radius 2 is 2.38 bits per heavy atom. The molecule has 0 aromatic carbocycles. The van der Waals surface area contributed by atoms with Crippen LogP contribution in [0.15, 0.2) is 36.1 Å². The van der Waals surface area contributed by atoms with E-state index in [1.54, 1.807) is 7.11 Å². The first-order chi connectivity index (χ1) is 3.84. The molecule has 1 aliphatic rings. The number of allylic oxidation sites excluding steroid dienone is 3. The summed E-state index contributed by atoms with van der Waals surface area (Å²) in [5.41, 5.74) is 0.951. The predicted octanol–water partition coefficient (Wildman–Crippen LogP) is 1.64. The van der Waals surface area contributed by atoms with Crippen molar-refractivity contribution >= 4 is 0 Å². The molecule has 0 bridgehead atoms. The molecular weight excluding hydrogens is 100 g/mol. The summed E-state index contributed by atoms with van der Waals surface area (Å²) in [4.78, 5) is 0. The van der Waals surface area contributed by atoms with Gasteiger partial charge >= 0.3 is 0 Å². The molecule has 0 aromatic rings. The minimum absolute atomic E-state index is 0.866. The zero-order valence-corrected chi connectivity index (χ0v) is 4.85. The molecule has 1 aliphatic carbocycles. The second-order valence-corrected chi connectivity index (χ2v) is 1.62. The van der Waals surface area contributed by atoms with Gasteiger partial charge in [-0.2, -0.15) is 0 Å². The number of ether oxygens (including phenoxy) is 1. The molecule has 1 rings (SSSR count). The Morgan fingerprint density at radius 3 is 2.62 bits per heavy atom. The van der Waals surface area contributed by atoms with Crippen LogP contribution in [0.3, 0.4) is 0 Å². The minimum atomic E-state index is 0.866. The smallest absolute Gasteiger partial charge is 0.125 e. The van der Waals surface area contributed by atoms with E-state index in [4.69, 9.17) is 4.74 Å². The first kappa shape index (κ1) is 5.16. The predicted molar refractivity (Wildman–Crippen MR) is 33.4 cm³/mol. The van der Waals surface area contributed by atoms with Gasteiger partial charge in [0.1, 0.15) is 5.76 Å². The van der Waals surface area contributed by atoms with Crippen molar-refractivity contribution in [2.45, 2.75) is 0 Å². The summed E-state index contributed by atoms with van der Waals surface area (Å²) in [5, 5.41) is 0. The Morgan fingerprint density at radius 1 is 1.62 bits per heavy atom. The van der Waals surface area contributed by atoms with Crippen molar-refractivity contribution in [1.82, 2.24) is 0 Å². The van der Waals surface area contributed by atoms with Crippen LogP contribution in [0.25, 0.3) is 0 Å². The highest BCUT2D eigenvalue weighted by atomic mass is 16.5. The lowest BCUT2D eigenvalue weighted by Crippen LogP contribution is -1.81. The molecule has 0 fully saturated rings. The van der Waals surface area contributed by atoms with Gasteiger partial charge in [-0.05, 0) is 6.08 Å². The van der Waals surface area contributed by atoms with Gasteiger partial charge in [-0.3, -0.25) is 0 Å². The Bertz CT molecular complexity index is 163. The standard InChI is InChI=1S/C7H8O/c1-6-4-3-5-7(6)8-2/h3-5H,1H2,2H3. The van der Waals surface area contributed by atoms with Crippen LogP contribution in [0.2, 0.25) is 0 Å². The van der Waals surface area contributed by atoms with E-state index in [2.05, 4.69) is 6.58 Å². The molecule has 0 spiro atoms. The summed E-state index contributed by atoms with van der Waals surface area (Å²) in [6.07, 6.45) is 5.72. The molecule has 0 radical (unpaired) electrons. The van der Waals surface area contributed by atoms with Crippen LogP contribution < -0.4 is 0 Å². The summed E-state index contributed by atoms with van der Waals surface area (Å²) >= 11 is 0. The van der Waals surface area contributed by atoms with Gasteiger partial charge in [0.25, 0.3) is 0 Å². The van der Waals surface area contributed by atoms with Crippen LogP contribution in [0.4, 0.5) is 0 Å². The van der Waals surface area contributed by atoms with Crippen LogP contribution >= 0.6 is 0 Å². The second kappa shape index (κ2) is 1.86. The van der Waals surface area contributed by atoms with E-state index < -0.39 is 0 Å². The fourth-order valence-electron chi connectivity index (χ4n) is 0.640. The van der Waals surface area contributed by atoms with E-state index in [1.807, 2.05) is 18.2 Å². The molecule has 42 valence electrons. The van der Waals surface area contributed by atoms with Gasteiger partial charge in [-0.1, -0.05) is 18.7 Å². The minimum Gasteiger partial charge on any atom is -0.496 e. The molecule has 0 N–H and O–H groups in total. The summed E-state index contributed by atoms with van der Waals surface area (Å²) in [6.45, 7) is 3.73. The molecule has 0 aliphatic heterocycles. The Balaban J connectivity index is 2.73. The molecule has 1 nitrogen and oxygen atoms in total. The average molecular weight is 108 g/mol. The van der Waals surface area contributed by atoms with Crippen LogP contribution in [0.5, 0.6) is 0 Å². The molecule has 0 saturated carbocycles. The van der Waals surface area contributed by atoms with E-state index in [1.165, 1.54) is 0 Å². The maximum absolute atomic E-state index is 4.92. The maximum Gasteiger partial charge on any atom is 0.125 e. The first-order valence-corrected chi connectivity index (χ1v) is 2.46. The van der Waals surface area contributed by atoms with E-state index in [0.29, 0.717) is 0 Å². The normalized spacial score (nSPS) is 16.6. The Kier molecular flexibility index (Phi) is 1.20. The lowest BCUT2D eigenvalue weighted by molar-refractivity contribution is 0.304. The molecule has 0 heterocycles. The van der Waals surface area contributed by atoms with Crippen LogP contribution in [0, 0.1) is 0 Å². The molecular formula is C7H8O. The number of hydrogen-bond donors (Lipinski definition) is 0. The summed E-state index contributed by atoms with van der Waals surface area (Å²) in [5.74, 6) is 0.866. The zero-order valence-electron chi connectivity index (χ0n) is 4.85. The molecule has 0 unspecified atom stereocenters. The van der Waals surface area contributed by atoms with Gasteiger partial charge in [0, 0.05) is 5.57 Å². The highest BCUT2D eigenvalue weighted by Gasteiger charge is 2.00. The van der Waals surface area contributed by atoms with Crippen molar-refractivity contribution in [1.29, 1.82) is 0 Å². The third kappa shape index (κ3) is 0.668. The van der Waals surface area contributed by atoms with Gasteiger partial charge in [0.15, 0.2) is 0 Å². The Hall–Kier alpha value is -0.980. The maximum atomic E-state index is 4.92. The lowest BCUT2D eigenvalue weighted by atomic mass is 10.3. The highest BCUT2D eigenvalue weighted by Crippen LogP contribution is 2.15. The van der Waals surface area contributed by atoms with Gasteiger partial charge in [0.05, 0.1) is 7.11 Å². The molecule has 0 aromatic heterocycles. The van der Waals surface area contributed by atoms with E-state index >= 15 is 0 Å². The largest absolute Gasteiger partial charge is 0.496 e. The quantitative estimate of drug-likeness (QED) is 0.496. The van der Waals surface area contributed by atoms with Gasteiger partial charge in [0.2, 0.25) is 0 Å². The number of methoxy groups -OCH3 is 1. The van der Waals surface area contributed by atoms with Crippen LogP contribution in [0.1, 0.15) is 0 Å². The fraction of sp³-hybridized carbons (Fsp3) is 0.143. The Labute approximate surface area is 49.0 Å². The average Bonchev–Trinajstić information content (AvgIpc) is 2.14. The topological polar surface area (TPSA) is 9.23 Å². The monoisotopic (exact) mass is 108 g/mol. The van der Waals surface area contributed by atoms with Gasteiger partial charge in [-0.15, -0.1) is 0 Å². The van der Waals surface area contributed by atoms with Crippen molar-refractivity contribution < 1.29 is 4.74 Å². The van der Waals surface area contributed by atoms with Crippen molar-refractivity contribution in [3.63, 3.8) is 0 Å². The summed E-state index contributed by atoms with van der Waals surface area (Å²) in [7, 11) is 1.64. The van der Waals surface area contributed by atoms with Gasteiger partial charge < -0.3 is 4.74 Å². The van der Waals surface area contributed by atoms with E-state index in [9.17, 15) is 0 Å². The molecule has 0 amide bonds. The second-order valence-electron chi connectivity index (χ2n) is 1.62. The van der Waals surface area contributed by atoms with Crippen molar-refractivity contribution in [3.8, 4) is 0 Å². The molecule has 0 saturated heterocycles. The summed E-state index contributed by atoms with van der Waals surface area (Å²) in [6, 6.07) is 0. The van der Waals surface area contributed by atoms with Crippen LogP contribution in [-0.2, 0) is 4.74 Å². The number of hydrogen-bond acceptors (Lipinski definition) is 1.